The SMILES string of the molecule is Cc1ccc(NC(=O)CSC2CCNCC2)cc1Cl. The van der Waals surface area contributed by atoms with Crippen LogP contribution in [-0.4, -0.2) is 30.0 Å². The van der Waals surface area contributed by atoms with E-state index in [1.807, 2.05) is 19.1 Å². The van der Waals surface area contributed by atoms with Crippen molar-refractivity contribution in [2.75, 3.05) is 24.2 Å². The molecule has 1 aliphatic rings. The van der Waals surface area contributed by atoms with Gasteiger partial charge in [-0.2, -0.15) is 0 Å². The Kier molecular flexibility index (Phi) is 5.55. The lowest BCUT2D eigenvalue weighted by Crippen LogP contribution is -2.30. The van der Waals surface area contributed by atoms with Crippen LogP contribution in [0.3, 0.4) is 0 Å². The average molecular weight is 299 g/mol. The molecule has 0 bridgehead atoms. The van der Waals surface area contributed by atoms with E-state index in [-0.39, 0.29) is 5.91 Å². The van der Waals surface area contributed by atoms with E-state index in [0.29, 0.717) is 16.0 Å². The normalized spacial score (nSPS) is 16.3. The van der Waals surface area contributed by atoms with E-state index in [4.69, 9.17) is 11.6 Å². The van der Waals surface area contributed by atoms with Gasteiger partial charge in [0, 0.05) is 16.0 Å². The number of rotatable bonds is 4. The van der Waals surface area contributed by atoms with Gasteiger partial charge >= 0.3 is 0 Å². The van der Waals surface area contributed by atoms with Crippen molar-refractivity contribution in [3.8, 4) is 0 Å². The van der Waals surface area contributed by atoms with Crippen LogP contribution >= 0.6 is 23.4 Å². The van der Waals surface area contributed by atoms with Gasteiger partial charge in [0.25, 0.3) is 0 Å². The summed E-state index contributed by atoms with van der Waals surface area (Å²) in [5.41, 5.74) is 1.79. The molecule has 0 aromatic heterocycles. The van der Waals surface area contributed by atoms with Gasteiger partial charge in [0.1, 0.15) is 0 Å². The zero-order valence-electron chi connectivity index (χ0n) is 11.0. The summed E-state index contributed by atoms with van der Waals surface area (Å²) in [6, 6.07) is 5.59. The summed E-state index contributed by atoms with van der Waals surface area (Å²) in [6.07, 6.45) is 2.29. The van der Waals surface area contributed by atoms with Gasteiger partial charge in [-0.1, -0.05) is 17.7 Å². The first-order chi connectivity index (χ1) is 9.15. The monoisotopic (exact) mass is 298 g/mol. The Hall–Kier alpha value is -0.710. The minimum atomic E-state index is 0.0449. The summed E-state index contributed by atoms with van der Waals surface area (Å²) < 4.78 is 0. The number of aryl methyl sites for hydroxylation is 1. The average Bonchev–Trinajstić information content (AvgIpc) is 2.42. The van der Waals surface area contributed by atoms with E-state index in [2.05, 4.69) is 10.6 Å². The summed E-state index contributed by atoms with van der Waals surface area (Å²) in [6.45, 7) is 4.07. The van der Waals surface area contributed by atoms with Crippen LogP contribution in [0.5, 0.6) is 0 Å². The third kappa shape index (κ3) is 4.71. The van der Waals surface area contributed by atoms with E-state index < -0.39 is 0 Å². The topological polar surface area (TPSA) is 41.1 Å². The molecule has 0 spiro atoms. The van der Waals surface area contributed by atoms with Crippen LogP contribution in [0.25, 0.3) is 0 Å². The molecule has 1 heterocycles. The van der Waals surface area contributed by atoms with Gasteiger partial charge in [-0.15, -0.1) is 11.8 Å². The highest BCUT2D eigenvalue weighted by molar-refractivity contribution is 8.00. The molecule has 1 amide bonds. The molecule has 2 N–H and O–H groups in total. The maximum atomic E-state index is 11.9. The molecule has 1 aromatic rings. The van der Waals surface area contributed by atoms with Crippen LogP contribution < -0.4 is 10.6 Å². The van der Waals surface area contributed by atoms with Gasteiger partial charge in [-0.25, -0.2) is 0 Å². The van der Waals surface area contributed by atoms with Crippen molar-refractivity contribution in [3.63, 3.8) is 0 Å². The quantitative estimate of drug-likeness (QED) is 0.897. The van der Waals surface area contributed by atoms with Crippen LogP contribution in [0, 0.1) is 6.92 Å². The van der Waals surface area contributed by atoms with E-state index in [0.717, 1.165) is 37.2 Å². The fraction of sp³-hybridized carbons (Fsp3) is 0.500. The van der Waals surface area contributed by atoms with Crippen molar-refractivity contribution >= 4 is 35.0 Å². The third-order valence-corrected chi connectivity index (χ3v) is 4.97. The minimum Gasteiger partial charge on any atom is -0.325 e. The van der Waals surface area contributed by atoms with Gasteiger partial charge in [0.15, 0.2) is 0 Å². The molecule has 1 aromatic carbocycles. The molecular weight excluding hydrogens is 280 g/mol. The highest BCUT2D eigenvalue weighted by atomic mass is 35.5. The molecule has 5 heteroatoms. The smallest absolute Gasteiger partial charge is 0.234 e. The molecule has 0 radical (unpaired) electrons. The maximum Gasteiger partial charge on any atom is 0.234 e. The van der Waals surface area contributed by atoms with E-state index in [1.165, 1.54) is 0 Å². The Balaban J connectivity index is 1.78. The first-order valence-corrected chi connectivity index (χ1v) is 7.96. The van der Waals surface area contributed by atoms with Gasteiger partial charge in [0.2, 0.25) is 5.91 Å². The molecule has 104 valence electrons. The number of carbonyl (C=O) groups excluding carboxylic acids is 1. The molecule has 2 rings (SSSR count). The highest BCUT2D eigenvalue weighted by Gasteiger charge is 2.15. The summed E-state index contributed by atoms with van der Waals surface area (Å²) in [4.78, 5) is 11.9. The molecule has 3 nitrogen and oxygen atoms in total. The molecule has 0 unspecified atom stereocenters. The number of carbonyl (C=O) groups is 1. The van der Waals surface area contributed by atoms with Crippen molar-refractivity contribution < 1.29 is 4.79 Å². The number of hydrogen-bond acceptors (Lipinski definition) is 3. The third-order valence-electron chi connectivity index (χ3n) is 3.19. The molecule has 1 saturated heterocycles. The van der Waals surface area contributed by atoms with Crippen molar-refractivity contribution in [1.29, 1.82) is 0 Å². The van der Waals surface area contributed by atoms with E-state index in [1.54, 1.807) is 17.8 Å². The van der Waals surface area contributed by atoms with Crippen LogP contribution in [-0.2, 0) is 4.79 Å². The molecule has 1 aliphatic heterocycles. The van der Waals surface area contributed by atoms with Gasteiger partial charge < -0.3 is 10.6 Å². The Bertz CT molecular complexity index is 447. The fourth-order valence-electron chi connectivity index (χ4n) is 2.02. The van der Waals surface area contributed by atoms with Crippen molar-refractivity contribution in [3.05, 3.63) is 28.8 Å². The highest BCUT2D eigenvalue weighted by Crippen LogP contribution is 2.22. The second-order valence-corrected chi connectivity index (χ2v) is 6.47. The van der Waals surface area contributed by atoms with E-state index >= 15 is 0 Å². The number of amides is 1. The fourth-order valence-corrected chi connectivity index (χ4v) is 3.23. The zero-order chi connectivity index (χ0) is 13.7. The molecule has 0 aliphatic carbocycles. The van der Waals surface area contributed by atoms with Gasteiger partial charge in [-0.05, 0) is 50.6 Å². The Morgan fingerprint density at radius 2 is 2.21 bits per heavy atom. The Morgan fingerprint density at radius 3 is 2.89 bits per heavy atom. The Labute approximate surface area is 123 Å². The van der Waals surface area contributed by atoms with Crippen LogP contribution in [0.1, 0.15) is 18.4 Å². The lowest BCUT2D eigenvalue weighted by Gasteiger charge is -2.21. The molecular formula is C14H19ClN2OS. The standard InChI is InChI=1S/C14H19ClN2OS/c1-10-2-3-11(8-13(10)15)17-14(18)9-19-12-4-6-16-7-5-12/h2-3,8,12,16H,4-7,9H2,1H3,(H,17,18). The van der Waals surface area contributed by atoms with Gasteiger partial charge in [-0.3, -0.25) is 4.79 Å². The minimum absolute atomic E-state index is 0.0449. The molecule has 0 atom stereocenters. The summed E-state index contributed by atoms with van der Waals surface area (Å²) in [5, 5.41) is 7.50. The van der Waals surface area contributed by atoms with Crippen molar-refractivity contribution in [2.24, 2.45) is 0 Å². The number of nitrogens with one attached hydrogen (secondary N) is 2. The summed E-state index contributed by atoms with van der Waals surface area (Å²) in [5.74, 6) is 0.555. The van der Waals surface area contributed by atoms with Crippen molar-refractivity contribution in [1.82, 2.24) is 5.32 Å². The number of hydrogen-bond donors (Lipinski definition) is 2. The van der Waals surface area contributed by atoms with Crippen LogP contribution in [0.15, 0.2) is 18.2 Å². The maximum absolute atomic E-state index is 11.9. The van der Waals surface area contributed by atoms with Crippen LogP contribution in [0.4, 0.5) is 5.69 Å². The summed E-state index contributed by atoms with van der Waals surface area (Å²) in [7, 11) is 0. The molecule has 0 saturated carbocycles. The molecule has 1 fully saturated rings. The lowest BCUT2D eigenvalue weighted by atomic mass is 10.2. The van der Waals surface area contributed by atoms with E-state index in [9.17, 15) is 4.79 Å². The lowest BCUT2D eigenvalue weighted by molar-refractivity contribution is -0.113. The van der Waals surface area contributed by atoms with Crippen molar-refractivity contribution in [2.45, 2.75) is 25.0 Å². The predicted octanol–water partition coefficient (Wildman–Crippen LogP) is 3.07. The number of anilines is 1. The number of piperidine rings is 1. The zero-order valence-corrected chi connectivity index (χ0v) is 12.6. The number of thioether (sulfide) groups is 1. The predicted molar refractivity (Wildman–Crippen MR) is 83.2 cm³/mol. The summed E-state index contributed by atoms with van der Waals surface area (Å²) >= 11 is 7.78. The number of benzene rings is 1. The van der Waals surface area contributed by atoms with Crippen LogP contribution in [0.2, 0.25) is 5.02 Å². The Morgan fingerprint density at radius 1 is 1.47 bits per heavy atom. The van der Waals surface area contributed by atoms with Gasteiger partial charge in [0.05, 0.1) is 5.75 Å². The molecule has 19 heavy (non-hydrogen) atoms. The largest absolute Gasteiger partial charge is 0.325 e. The second-order valence-electron chi connectivity index (χ2n) is 4.77. The second kappa shape index (κ2) is 7.17. The first-order valence-electron chi connectivity index (χ1n) is 6.53. The number of halogens is 1. The first kappa shape index (κ1) is 14.7.